The van der Waals surface area contributed by atoms with E-state index < -0.39 is 0 Å². The second-order valence-electron chi connectivity index (χ2n) is 18.9. The van der Waals surface area contributed by atoms with E-state index in [1.165, 1.54) is 99.1 Å². The lowest BCUT2D eigenvalue weighted by molar-refractivity contribution is 1.45. The maximum atomic E-state index is 5.77. The molecule has 4 N–H and O–H groups in total. The van der Waals surface area contributed by atoms with Crippen molar-refractivity contribution >= 4 is 150 Å². The first-order valence-corrected chi connectivity index (χ1v) is 29.3. The Balaban J connectivity index is 0.000000150. The number of hydrogen-bond acceptors (Lipinski definition) is 2. The van der Waals surface area contributed by atoms with Gasteiger partial charge < -0.3 is 11.5 Å². The zero-order chi connectivity index (χ0) is 53.6. The Morgan fingerprint density at radius 3 is 0.921 bits per heavy atom. The van der Waals surface area contributed by atoms with E-state index in [2.05, 4.69) is 281 Å². The van der Waals surface area contributed by atoms with Crippen LogP contribution in [0.3, 0.4) is 0 Å². The van der Waals surface area contributed by atoms with E-state index in [9.17, 15) is 0 Å². The average molecular weight is 1380 g/mol. The van der Waals surface area contributed by atoms with Gasteiger partial charge in [-0.1, -0.05) is 263 Å². The predicted octanol–water partition coefficient (Wildman–Crippen LogP) is 23.0. The highest BCUT2D eigenvalue weighted by molar-refractivity contribution is 9.11. The van der Waals surface area contributed by atoms with Crippen molar-refractivity contribution in [3.05, 3.63) is 267 Å². The van der Waals surface area contributed by atoms with Gasteiger partial charge in [-0.05, 0) is 177 Å². The molecule has 0 spiro atoms. The molecule has 12 aromatic carbocycles. The van der Waals surface area contributed by atoms with E-state index in [0.29, 0.717) is 0 Å². The Kier molecular flexibility index (Phi) is 17.8. The Hall–Kier alpha value is -5.84. The molecule has 0 aliphatic carbocycles. The fraction of sp³-hybridized carbons (Fsp3) is 0.0588. The smallest absolute Gasteiger partial charge is 0.0394 e. The van der Waals surface area contributed by atoms with Crippen LogP contribution in [0.1, 0.15) is 22.3 Å². The first-order chi connectivity index (χ1) is 36.6. The number of nitrogens with two attached hydrogens (primary N) is 2. The minimum absolute atomic E-state index is 0.778. The van der Waals surface area contributed by atoms with Crippen LogP contribution in [-0.2, 0) is 0 Å². The Morgan fingerprint density at radius 1 is 0.237 bits per heavy atom. The molecule has 76 heavy (non-hydrogen) atoms. The number of benzene rings is 12. The summed E-state index contributed by atoms with van der Waals surface area (Å²) in [6.45, 7) is 8.68. The minimum atomic E-state index is 0.778. The van der Waals surface area contributed by atoms with Gasteiger partial charge in [-0.2, -0.15) is 0 Å². The fourth-order valence-corrected chi connectivity index (χ4v) is 13.1. The van der Waals surface area contributed by atoms with Gasteiger partial charge >= 0.3 is 0 Å². The van der Waals surface area contributed by atoms with Gasteiger partial charge in [-0.3, -0.25) is 0 Å². The summed E-state index contributed by atoms with van der Waals surface area (Å²) in [4.78, 5) is 0. The molecule has 8 heteroatoms. The van der Waals surface area contributed by atoms with Crippen molar-refractivity contribution < 1.29 is 0 Å². The molecule has 376 valence electrons. The maximum absolute atomic E-state index is 5.77. The van der Waals surface area contributed by atoms with Gasteiger partial charge in [0, 0.05) is 49.0 Å². The highest BCUT2D eigenvalue weighted by Gasteiger charge is 2.16. The lowest BCUT2D eigenvalue weighted by Gasteiger charge is -2.18. The molecule has 0 aliphatic rings. The largest absolute Gasteiger partial charge is 0.398 e. The Labute approximate surface area is 496 Å². The quantitative estimate of drug-likeness (QED) is 0.173. The van der Waals surface area contributed by atoms with E-state index in [1.807, 2.05) is 60.7 Å². The number of fused-ring (bicyclic) bond motifs is 4. The second-order valence-corrected chi connectivity index (χ2v) is 24.1. The molecule has 0 radical (unpaired) electrons. The topological polar surface area (TPSA) is 52.0 Å². The van der Waals surface area contributed by atoms with Crippen molar-refractivity contribution in [2.45, 2.75) is 27.7 Å². The Morgan fingerprint density at radius 2 is 0.553 bits per heavy atom. The highest BCUT2D eigenvalue weighted by atomic mass is 79.9. The summed E-state index contributed by atoms with van der Waals surface area (Å²) in [6.07, 6.45) is 0. The summed E-state index contributed by atoms with van der Waals surface area (Å²) in [6, 6.07) is 77.2. The van der Waals surface area contributed by atoms with Gasteiger partial charge in [0.1, 0.15) is 0 Å². The maximum Gasteiger partial charge on any atom is 0.0394 e. The molecule has 0 amide bonds. The first kappa shape index (κ1) is 54.9. The molecule has 12 rings (SSSR count). The number of anilines is 2. The van der Waals surface area contributed by atoms with Crippen LogP contribution in [0, 0.1) is 27.7 Å². The number of nitrogen functional groups attached to an aromatic ring is 2. The molecular weight excluding hydrogens is 1320 g/mol. The standard InChI is InChI=1S/C38H32.C10H4Br4.C10H6Br2.C10H10N2/c1-25-9-5-13-29(17-25)33-21-35(31-15-7-11-27(3)19-31)38-24-34(30-14-6-10-26(2)18-30)22-36(37(38)23-33)32-16-8-12-28(4)20-32;11-5-1-7-8(10(14)3-5)2-6(12)4-9(7)13;2*11-9-5-1-3-7-8(9)4-2-6-10(7)12/h5-24H,1-4H3;1-4H;1-6H;1-6H,11-12H2. The predicted molar refractivity (Wildman–Crippen MR) is 352 cm³/mol. The molecule has 0 unspecified atom stereocenters. The summed E-state index contributed by atoms with van der Waals surface area (Å²) in [5, 5.41) is 9.47. The van der Waals surface area contributed by atoms with Gasteiger partial charge in [0.25, 0.3) is 0 Å². The van der Waals surface area contributed by atoms with Gasteiger partial charge in [-0.15, -0.1) is 0 Å². The van der Waals surface area contributed by atoms with Gasteiger partial charge in [0.2, 0.25) is 0 Å². The summed E-state index contributed by atoms with van der Waals surface area (Å²) in [5.74, 6) is 0. The second kappa shape index (κ2) is 24.7. The van der Waals surface area contributed by atoms with Crippen molar-refractivity contribution in [2.75, 3.05) is 11.5 Å². The van der Waals surface area contributed by atoms with Gasteiger partial charge in [0.15, 0.2) is 0 Å². The summed E-state index contributed by atoms with van der Waals surface area (Å²) >= 11 is 21.1. The molecule has 0 saturated heterocycles. The van der Waals surface area contributed by atoms with Gasteiger partial charge in [-0.25, -0.2) is 0 Å². The van der Waals surface area contributed by atoms with E-state index >= 15 is 0 Å². The van der Waals surface area contributed by atoms with Crippen LogP contribution >= 0.6 is 95.6 Å². The van der Waals surface area contributed by atoms with Crippen LogP contribution < -0.4 is 11.5 Å². The van der Waals surface area contributed by atoms with Gasteiger partial charge in [0.05, 0.1) is 0 Å². The average Bonchev–Trinajstić information content (AvgIpc) is 3.44. The molecule has 0 bridgehead atoms. The van der Waals surface area contributed by atoms with Crippen LogP contribution in [0.4, 0.5) is 11.4 Å². The molecule has 0 atom stereocenters. The lowest BCUT2D eigenvalue weighted by atomic mass is 9.86. The summed E-state index contributed by atoms with van der Waals surface area (Å²) in [7, 11) is 0. The van der Waals surface area contributed by atoms with Crippen molar-refractivity contribution in [2.24, 2.45) is 0 Å². The third kappa shape index (κ3) is 12.9. The number of rotatable bonds is 4. The summed E-state index contributed by atoms with van der Waals surface area (Å²) in [5.41, 5.74) is 28.2. The SMILES string of the molecule is Brc1cc(Br)c2cc(Br)cc(Br)c2c1.Brc1cccc2c(Br)cccc12.Cc1cccc(-c2cc(-c3cccc(C)c3)c3cc(-c4cccc(C)c4)cc(-c4cccc(C)c4)c3c2)c1.Nc1cccc2c(N)cccc12. The zero-order valence-electron chi connectivity index (χ0n) is 42.2. The Bertz CT molecular complexity index is 3760. The molecule has 0 saturated carbocycles. The van der Waals surface area contributed by atoms with E-state index in [-0.39, 0.29) is 0 Å². The third-order valence-electron chi connectivity index (χ3n) is 13.1. The van der Waals surface area contributed by atoms with Crippen molar-refractivity contribution in [1.29, 1.82) is 0 Å². The van der Waals surface area contributed by atoms with Crippen LogP contribution in [0.15, 0.2) is 245 Å². The molecular formula is C68H52Br6N2. The minimum Gasteiger partial charge on any atom is -0.398 e. The van der Waals surface area contributed by atoms with Crippen molar-refractivity contribution in [3.8, 4) is 44.5 Å². The highest BCUT2D eigenvalue weighted by Crippen LogP contribution is 2.43. The van der Waals surface area contributed by atoms with Crippen molar-refractivity contribution in [1.82, 2.24) is 0 Å². The summed E-state index contributed by atoms with van der Waals surface area (Å²) < 4.78 is 6.59. The van der Waals surface area contributed by atoms with Crippen LogP contribution in [-0.4, -0.2) is 0 Å². The molecule has 12 aromatic rings. The number of hydrogen-bond donors (Lipinski definition) is 2. The number of aryl methyl sites for hydroxylation is 4. The number of halogens is 6. The fourth-order valence-electron chi connectivity index (χ4n) is 9.45. The van der Waals surface area contributed by atoms with E-state index in [4.69, 9.17) is 11.5 Å². The molecule has 0 heterocycles. The van der Waals surface area contributed by atoms with Crippen LogP contribution in [0.25, 0.3) is 87.6 Å². The molecule has 0 fully saturated rings. The molecule has 0 aliphatic heterocycles. The first-order valence-electron chi connectivity index (χ1n) is 24.6. The lowest BCUT2D eigenvalue weighted by Crippen LogP contribution is -1.92. The van der Waals surface area contributed by atoms with Crippen molar-refractivity contribution in [3.63, 3.8) is 0 Å². The molecule has 0 aromatic heterocycles. The van der Waals surface area contributed by atoms with Crippen LogP contribution in [0.5, 0.6) is 0 Å². The normalized spacial score (nSPS) is 10.9. The van der Waals surface area contributed by atoms with E-state index in [1.54, 1.807) is 0 Å². The zero-order valence-corrected chi connectivity index (χ0v) is 51.7. The molecule has 2 nitrogen and oxygen atoms in total. The van der Waals surface area contributed by atoms with Crippen LogP contribution in [0.2, 0.25) is 0 Å². The monoisotopic (exact) mass is 1370 g/mol. The van der Waals surface area contributed by atoms with E-state index in [0.717, 1.165) is 49.0 Å². The third-order valence-corrected chi connectivity index (χ3v) is 16.7.